The number of hydrogen-bond acceptors (Lipinski definition) is 16. The van der Waals surface area contributed by atoms with Crippen molar-refractivity contribution < 1.29 is 39.4 Å². The number of hydrogen-bond donors (Lipinski definition) is 6. The Morgan fingerprint density at radius 3 is 1.76 bits per heavy atom. The summed E-state index contributed by atoms with van der Waals surface area (Å²) in [5.41, 5.74) is 12.1. The van der Waals surface area contributed by atoms with E-state index in [0.717, 1.165) is 0 Å². The third-order valence-corrected chi connectivity index (χ3v) is 9.44. The second-order valence-electron chi connectivity index (χ2n) is 12.9. The largest absolute Gasteiger partial charge is 0.393 e. The first kappa shape index (κ1) is 28.8. The highest BCUT2D eigenvalue weighted by atomic mass is 16.8. The molecule has 5 fully saturated rings. The van der Waals surface area contributed by atoms with Gasteiger partial charge < -0.3 is 50.8 Å². The summed E-state index contributed by atoms with van der Waals surface area (Å²) >= 11 is 0. The molecule has 0 radical (unpaired) electrons. The van der Waals surface area contributed by atoms with Gasteiger partial charge in [0.1, 0.15) is 59.3 Å². The Hall–Kier alpha value is -3.62. The molecule has 4 aromatic heterocycles. The fraction of sp³-hybridized carbons (Fsp3) is 0.630. The molecule has 18 nitrogen and oxygen atoms in total. The standard InChI is InChI=1S/C15H19N5O4.C12H15N5O4/c1-14(2)22-9-10(23-14)15(3-7(21)4-15)24-13(9)20-6-19-8-11(16)17-5-18-12(8)20;13-9-6-10(15-3-14-9)17(4-16-6)11-7(19)8(20)12(21-11)1-5(18)2-12/h5-7,9-10,13,21H,3-4H2,1-2H3,(H2,16,17,18);3-5,7-8,11,18-20H,1-2H2,(H2,13,14,15)/t7?,9-,10+,13-,15?;5?,7-,8+,11-,12?/m11/s1. The van der Waals surface area contributed by atoms with Crippen LogP contribution in [0.5, 0.6) is 0 Å². The molecule has 9 rings (SSSR count). The quantitative estimate of drug-likeness (QED) is 0.154. The van der Waals surface area contributed by atoms with Gasteiger partial charge in [0, 0.05) is 25.7 Å². The van der Waals surface area contributed by atoms with Gasteiger partial charge in [0.05, 0.1) is 24.9 Å². The van der Waals surface area contributed by atoms with Gasteiger partial charge in [0.15, 0.2) is 41.2 Å². The maximum Gasteiger partial charge on any atom is 0.167 e. The number of aliphatic hydroxyl groups excluding tert-OH is 4. The predicted octanol–water partition coefficient (Wildman–Crippen LogP) is -1.10. The molecular formula is C27H34N10O8. The Morgan fingerprint density at radius 2 is 1.20 bits per heavy atom. The molecule has 0 aromatic carbocycles. The van der Waals surface area contributed by atoms with Crippen molar-refractivity contribution in [3.05, 3.63) is 25.3 Å². The highest BCUT2D eigenvalue weighted by Crippen LogP contribution is 2.56. The van der Waals surface area contributed by atoms with E-state index in [1.54, 1.807) is 6.33 Å². The Balaban J connectivity index is 0.000000135. The van der Waals surface area contributed by atoms with Crippen LogP contribution >= 0.6 is 0 Å². The first-order valence-electron chi connectivity index (χ1n) is 14.7. The number of aliphatic hydroxyl groups is 4. The highest BCUT2D eigenvalue weighted by molar-refractivity contribution is 5.81. The molecule has 45 heavy (non-hydrogen) atoms. The van der Waals surface area contributed by atoms with Crippen molar-refractivity contribution in [3.8, 4) is 0 Å². The Labute approximate surface area is 254 Å². The van der Waals surface area contributed by atoms with Crippen molar-refractivity contribution in [2.24, 2.45) is 0 Å². The van der Waals surface area contributed by atoms with Crippen molar-refractivity contribution in [2.45, 2.75) is 106 Å². The third-order valence-electron chi connectivity index (χ3n) is 9.44. The van der Waals surface area contributed by atoms with E-state index in [-0.39, 0.29) is 24.1 Å². The van der Waals surface area contributed by atoms with E-state index in [1.807, 2.05) is 18.4 Å². The van der Waals surface area contributed by atoms with Gasteiger partial charge in [-0.2, -0.15) is 0 Å². The van der Waals surface area contributed by atoms with Gasteiger partial charge >= 0.3 is 0 Å². The average Bonchev–Trinajstić information content (AvgIpc) is 3.75. The molecule has 2 aliphatic carbocycles. The summed E-state index contributed by atoms with van der Waals surface area (Å²) in [6.07, 6.45) is 2.57. The van der Waals surface area contributed by atoms with E-state index in [0.29, 0.717) is 53.8 Å². The molecule has 2 spiro atoms. The zero-order valence-electron chi connectivity index (χ0n) is 24.4. The van der Waals surface area contributed by atoms with Crippen LogP contribution < -0.4 is 11.5 Å². The number of fused-ring (bicyclic) bond motifs is 4. The van der Waals surface area contributed by atoms with Crippen LogP contribution in [-0.4, -0.2) is 113 Å². The average molecular weight is 627 g/mol. The van der Waals surface area contributed by atoms with Crippen LogP contribution in [0.15, 0.2) is 25.3 Å². The van der Waals surface area contributed by atoms with E-state index >= 15 is 0 Å². The van der Waals surface area contributed by atoms with E-state index in [2.05, 4.69) is 29.9 Å². The summed E-state index contributed by atoms with van der Waals surface area (Å²) in [6, 6.07) is 0. The van der Waals surface area contributed by atoms with Gasteiger partial charge in [-0.15, -0.1) is 0 Å². The summed E-state index contributed by atoms with van der Waals surface area (Å²) < 4.78 is 27.7. The first-order chi connectivity index (χ1) is 21.4. The molecule has 0 bridgehead atoms. The molecule has 0 unspecified atom stereocenters. The number of anilines is 2. The number of aromatic nitrogens is 8. The molecule has 4 aromatic rings. The van der Waals surface area contributed by atoms with Crippen LogP contribution in [0.2, 0.25) is 0 Å². The van der Waals surface area contributed by atoms with Crippen molar-refractivity contribution in [1.82, 2.24) is 39.0 Å². The van der Waals surface area contributed by atoms with Crippen molar-refractivity contribution >= 4 is 34.0 Å². The fourth-order valence-electron chi connectivity index (χ4n) is 7.32. The molecule has 18 heteroatoms. The second-order valence-corrected chi connectivity index (χ2v) is 12.9. The molecule has 8 N–H and O–H groups in total. The second kappa shape index (κ2) is 9.69. The minimum Gasteiger partial charge on any atom is -0.393 e. The minimum absolute atomic E-state index is 0.237. The molecule has 3 aliphatic heterocycles. The number of imidazole rings is 2. The lowest BCUT2D eigenvalue weighted by Gasteiger charge is -2.45. The number of nitrogens with two attached hydrogens (primary N) is 2. The zero-order valence-corrected chi connectivity index (χ0v) is 24.4. The number of ether oxygens (including phenoxy) is 4. The predicted molar refractivity (Wildman–Crippen MR) is 151 cm³/mol. The molecule has 240 valence electrons. The number of rotatable bonds is 2. The van der Waals surface area contributed by atoms with Crippen LogP contribution in [0, 0.1) is 0 Å². The summed E-state index contributed by atoms with van der Waals surface area (Å²) in [5, 5.41) is 39.8. The lowest BCUT2D eigenvalue weighted by Crippen LogP contribution is -2.55. The lowest BCUT2D eigenvalue weighted by molar-refractivity contribution is -0.251. The highest BCUT2D eigenvalue weighted by Gasteiger charge is 2.67. The molecule has 6 atom stereocenters. The maximum atomic E-state index is 10.3. The normalized spacial score (nSPS) is 39.6. The third kappa shape index (κ3) is 4.24. The smallest absolute Gasteiger partial charge is 0.167 e. The van der Waals surface area contributed by atoms with Crippen LogP contribution in [-0.2, 0) is 18.9 Å². The van der Waals surface area contributed by atoms with Crippen LogP contribution in [0.1, 0.15) is 52.0 Å². The molecule has 0 amide bonds. The van der Waals surface area contributed by atoms with Crippen molar-refractivity contribution in [1.29, 1.82) is 0 Å². The fourth-order valence-corrected chi connectivity index (χ4v) is 7.32. The Kier molecular flexibility index (Phi) is 6.21. The zero-order chi connectivity index (χ0) is 31.5. The lowest BCUT2D eigenvalue weighted by atomic mass is 9.73. The van der Waals surface area contributed by atoms with Gasteiger partial charge in [-0.3, -0.25) is 9.13 Å². The number of nitrogen functional groups attached to an aromatic ring is 2. The summed E-state index contributed by atoms with van der Waals surface area (Å²) in [7, 11) is 0. The monoisotopic (exact) mass is 626 g/mol. The Bertz CT molecular complexity index is 1770. The van der Waals surface area contributed by atoms with Gasteiger partial charge in [-0.25, -0.2) is 29.9 Å². The molecular weight excluding hydrogens is 592 g/mol. The van der Waals surface area contributed by atoms with Crippen LogP contribution in [0.4, 0.5) is 11.6 Å². The van der Waals surface area contributed by atoms with E-state index in [4.69, 9.17) is 30.4 Å². The first-order valence-corrected chi connectivity index (χ1v) is 14.7. The van der Waals surface area contributed by atoms with Crippen LogP contribution in [0.25, 0.3) is 22.3 Å². The summed E-state index contributed by atoms with van der Waals surface area (Å²) in [5.74, 6) is -0.137. The topological polar surface area (TPSA) is 257 Å². The van der Waals surface area contributed by atoms with Gasteiger partial charge in [-0.1, -0.05) is 0 Å². The van der Waals surface area contributed by atoms with Crippen molar-refractivity contribution in [3.63, 3.8) is 0 Å². The molecule has 5 aliphatic rings. The summed E-state index contributed by atoms with van der Waals surface area (Å²) in [6.45, 7) is 3.77. The summed E-state index contributed by atoms with van der Waals surface area (Å²) in [4.78, 5) is 24.6. The van der Waals surface area contributed by atoms with E-state index < -0.39 is 47.8 Å². The minimum atomic E-state index is -1.13. The molecule has 2 saturated carbocycles. The van der Waals surface area contributed by atoms with E-state index in [9.17, 15) is 20.4 Å². The van der Waals surface area contributed by atoms with Crippen LogP contribution in [0.3, 0.4) is 0 Å². The number of nitrogens with zero attached hydrogens (tertiary/aromatic N) is 8. The van der Waals surface area contributed by atoms with Gasteiger partial charge in [0.25, 0.3) is 0 Å². The SMILES string of the molecule is CC1(C)O[C@H]2[C@H](n3cnc4c(N)ncnc43)OC3(CC(O)C3)[C@H]2O1.Nc1ncnc2c1ncn2[C@@H]1OC2(CC(O)C2)[C@@H](O)[C@H]1O. The van der Waals surface area contributed by atoms with Crippen molar-refractivity contribution in [2.75, 3.05) is 11.5 Å². The maximum absolute atomic E-state index is 10.3. The Morgan fingerprint density at radius 1 is 0.689 bits per heavy atom. The van der Waals surface area contributed by atoms with Gasteiger partial charge in [-0.05, 0) is 13.8 Å². The van der Waals surface area contributed by atoms with Gasteiger partial charge in [0.2, 0.25) is 0 Å². The van der Waals surface area contributed by atoms with E-state index in [1.165, 1.54) is 23.5 Å². The molecule has 3 saturated heterocycles. The molecule has 7 heterocycles.